The summed E-state index contributed by atoms with van der Waals surface area (Å²) in [4.78, 5) is 11.7. The van der Waals surface area contributed by atoms with Gasteiger partial charge in [0.1, 0.15) is 11.5 Å². The average molecular weight is 289 g/mol. The molecule has 2 rings (SSSR count). The van der Waals surface area contributed by atoms with Gasteiger partial charge in [-0.1, -0.05) is 17.3 Å². The van der Waals surface area contributed by atoms with Crippen LogP contribution in [0.25, 0.3) is 0 Å². The Morgan fingerprint density at radius 2 is 2.10 bits per heavy atom. The Morgan fingerprint density at radius 1 is 1.33 bits per heavy atom. The number of benzene rings is 1. The number of nitrogens with zero attached hydrogens (tertiary/aromatic N) is 1. The van der Waals surface area contributed by atoms with Crippen molar-refractivity contribution >= 4 is 11.7 Å². The first-order valence-electron chi connectivity index (χ1n) is 6.74. The number of nitrogens with one attached hydrogen (secondary N) is 2. The van der Waals surface area contributed by atoms with Crippen LogP contribution in [-0.4, -0.2) is 31.3 Å². The molecule has 1 heterocycles. The highest BCUT2D eigenvalue weighted by atomic mass is 16.5. The molecule has 0 saturated heterocycles. The Balaban J connectivity index is 1.66. The van der Waals surface area contributed by atoms with Crippen molar-refractivity contribution in [1.29, 1.82) is 0 Å². The van der Waals surface area contributed by atoms with E-state index in [0.717, 1.165) is 17.7 Å². The molecule has 0 unspecified atom stereocenters. The quantitative estimate of drug-likeness (QED) is 0.812. The molecule has 0 radical (unpaired) electrons. The number of carbonyl (C=O) groups is 1. The van der Waals surface area contributed by atoms with Crippen LogP contribution in [-0.2, 0) is 11.2 Å². The zero-order chi connectivity index (χ0) is 15.1. The number of amides is 1. The summed E-state index contributed by atoms with van der Waals surface area (Å²) >= 11 is 0. The summed E-state index contributed by atoms with van der Waals surface area (Å²) in [5, 5.41) is 9.50. The fraction of sp³-hybridized carbons (Fsp3) is 0.333. The van der Waals surface area contributed by atoms with E-state index in [1.807, 2.05) is 24.3 Å². The molecule has 2 N–H and O–H groups in total. The Kier molecular flexibility index (Phi) is 5.20. The monoisotopic (exact) mass is 289 g/mol. The van der Waals surface area contributed by atoms with Crippen LogP contribution in [0, 0.1) is 6.92 Å². The van der Waals surface area contributed by atoms with Gasteiger partial charge in [0, 0.05) is 12.6 Å². The van der Waals surface area contributed by atoms with Gasteiger partial charge in [-0.2, -0.15) is 0 Å². The van der Waals surface area contributed by atoms with Crippen LogP contribution in [0.5, 0.6) is 5.75 Å². The fourth-order valence-electron chi connectivity index (χ4n) is 1.82. The molecule has 0 atom stereocenters. The van der Waals surface area contributed by atoms with E-state index >= 15 is 0 Å². The molecule has 21 heavy (non-hydrogen) atoms. The summed E-state index contributed by atoms with van der Waals surface area (Å²) in [6.45, 7) is 2.56. The molecular formula is C15H19N3O3. The van der Waals surface area contributed by atoms with Gasteiger partial charge in [0.2, 0.25) is 5.91 Å². The fourth-order valence-corrected chi connectivity index (χ4v) is 1.82. The minimum Gasteiger partial charge on any atom is -0.497 e. The smallest absolute Gasteiger partial charge is 0.239 e. The maximum Gasteiger partial charge on any atom is 0.239 e. The summed E-state index contributed by atoms with van der Waals surface area (Å²) in [6, 6.07) is 9.53. The molecule has 2 aromatic rings. The van der Waals surface area contributed by atoms with Crippen molar-refractivity contribution in [2.24, 2.45) is 0 Å². The van der Waals surface area contributed by atoms with Crippen molar-refractivity contribution in [1.82, 2.24) is 10.5 Å². The lowest BCUT2D eigenvalue weighted by Gasteiger charge is -2.06. The number of rotatable bonds is 7. The highest BCUT2D eigenvalue weighted by Crippen LogP contribution is 2.11. The van der Waals surface area contributed by atoms with Crippen molar-refractivity contribution in [2.75, 3.05) is 25.5 Å². The molecule has 0 bridgehead atoms. The second kappa shape index (κ2) is 7.33. The summed E-state index contributed by atoms with van der Waals surface area (Å²) in [7, 11) is 1.64. The molecule has 6 heteroatoms. The van der Waals surface area contributed by atoms with Gasteiger partial charge in [0.25, 0.3) is 0 Å². The predicted octanol–water partition coefficient (Wildman–Crippen LogP) is 1.76. The zero-order valence-corrected chi connectivity index (χ0v) is 12.2. The van der Waals surface area contributed by atoms with Gasteiger partial charge in [0.05, 0.1) is 13.7 Å². The van der Waals surface area contributed by atoms with E-state index < -0.39 is 0 Å². The molecule has 0 saturated carbocycles. The summed E-state index contributed by atoms with van der Waals surface area (Å²) in [5.41, 5.74) is 1.15. The second-order valence-corrected chi connectivity index (χ2v) is 4.62. The Morgan fingerprint density at radius 3 is 2.71 bits per heavy atom. The van der Waals surface area contributed by atoms with Gasteiger partial charge >= 0.3 is 0 Å². The van der Waals surface area contributed by atoms with Gasteiger partial charge in [-0.25, -0.2) is 0 Å². The molecule has 0 spiro atoms. The topological polar surface area (TPSA) is 76.4 Å². The number of carbonyl (C=O) groups excluding carboxylic acids is 1. The Bertz CT molecular complexity index is 578. The Hall–Kier alpha value is -2.50. The molecular weight excluding hydrogens is 270 g/mol. The first kappa shape index (κ1) is 14.9. The van der Waals surface area contributed by atoms with E-state index in [-0.39, 0.29) is 12.5 Å². The molecule has 0 aliphatic heterocycles. The number of hydrogen-bond donors (Lipinski definition) is 2. The van der Waals surface area contributed by atoms with E-state index in [1.54, 1.807) is 20.1 Å². The number of methoxy groups -OCH3 is 1. The Labute approximate surface area is 123 Å². The van der Waals surface area contributed by atoms with E-state index in [9.17, 15) is 4.79 Å². The third-order valence-corrected chi connectivity index (χ3v) is 2.95. The first-order valence-corrected chi connectivity index (χ1v) is 6.74. The largest absolute Gasteiger partial charge is 0.497 e. The van der Waals surface area contributed by atoms with E-state index in [1.165, 1.54) is 0 Å². The highest BCUT2D eigenvalue weighted by molar-refractivity contribution is 5.80. The van der Waals surface area contributed by atoms with E-state index in [4.69, 9.17) is 9.26 Å². The molecule has 6 nitrogen and oxygen atoms in total. The van der Waals surface area contributed by atoms with Crippen LogP contribution in [0.2, 0.25) is 0 Å². The van der Waals surface area contributed by atoms with Crippen molar-refractivity contribution < 1.29 is 14.1 Å². The zero-order valence-electron chi connectivity index (χ0n) is 12.2. The summed E-state index contributed by atoms with van der Waals surface area (Å²) < 4.78 is 10.00. The number of aryl methyl sites for hydroxylation is 1. The predicted molar refractivity (Wildman–Crippen MR) is 79.4 cm³/mol. The maximum absolute atomic E-state index is 11.7. The van der Waals surface area contributed by atoms with Crippen LogP contribution in [0.15, 0.2) is 34.9 Å². The van der Waals surface area contributed by atoms with Crippen LogP contribution < -0.4 is 15.4 Å². The summed E-state index contributed by atoms with van der Waals surface area (Å²) in [5.74, 6) is 2.02. The minimum atomic E-state index is -0.0795. The molecule has 1 aromatic carbocycles. The molecule has 1 aromatic heterocycles. The highest BCUT2D eigenvalue weighted by Gasteiger charge is 2.04. The molecule has 112 valence electrons. The lowest BCUT2D eigenvalue weighted by Crippen LogP contribution is -2.31. The normalized spacial score (nSPS) is 10.2. The molecule has 0 fully saturated rings. The number of hydrogen-bond acceptors (Lipinski definition) is 5. The van der Waals surface area contributed by atoms with Crippen LogP contribution >= 0.6 is 0 Å². The van der Waals surface area contributed by atoms with Crippen LogP contribution in [0.1, 0.15) is 11.3 Å². The van der Waals surface area contributed by atoms with E-state index in [2.05, 4.69) is 15.8 Å². The van der Waals surface area contributed by atoms with Crippen molar-refractivity contribution in [3.63, 3.8) is 0 Å². The van der Waals surface area contributed by atoms with Gasteiger partial charge in [-0.15, -0.1) is 0 Å². The van der Waals surface area contributed by atoms with E-state index in [0.29, 0.717) is 18.1 Å². The third kappa shape index (κ3) is 4.83. The van der Waals surface area contributed by atoms with Gasteiger partial charge < -0.3 is 19.9 Å². The standard InChI is InChI=1S/C15H19N3O3/c1-11-9-14(18-21-11)17-10-15(19)16-8-7-12-3-5-13(20-2)6-4-12/h3-6,9H,7-8,10H2,1-2H3,(H,16,19)(H,17,18). The van der Waals surface area contributed by atoms with Gasteiger partial charge in [0.15, 0.2) is 5.82 Å². The van der Waals surface area contributed by atoms with Crippen molar-refractivity contribution in [3.8, 4) is 5.75 Å². The van der Waals surface area contributed by atoms with Gasteiger partial charge in [-0.05, 0) is 31.0 Å². The lowest BCUT2D eigenvalue weighted by atomic mass is 10.1. The summed E-state index contributed by atoms with van der Waals surface area (Å²) in [6.07, 6.45) is 0.777. The maximum atomic E-state index is 11.7. The third-order valence-electron chi connectivity index (χ3n) is 2.95. The molecule has 0 aliphatic carbocycles. The van der Waals surface area contributed by atoms with Gasteiger partial charge in [-0.3, -0.25) is 4.79 Å². The van der Waals surface area contributed by atoms with Crippen LogP contribution in [0.3, 0.4) is 0 Å². The number of aromatic nitrogens is 1. The number of anilines is 1. The average Bonchev–Trinajstić information content (AvgIpc) is 2.91. The second-order valence-electron chi connectivity index (χ2n) is 4.62. The van der Waals surface area contributed by atoms with Crippen molar-refractivity contribution in [2.45, 2.75) is 13.3 Å². The molecule has 1 amide bonds. The lowest BCUT2D eigenvalue weighted by molar-refractivity contribution is -0.119. The van der Waals surface area contributed by atoms with Crippen molar-refractivity contribution in [3.05, 3.63) is 41.7 Å². The minimum absolute atomic E-state index is 0.0795. The van der Waals surface area contributed by atoms with Crippen LogP contribution in [0.4, 0.5) is 5.82 Å². The first-order chi connectivity index (χ1) is 10.2. The molecule has 0 aliphatic rings. The number of ether oxygens (including phenoxy) is 1. The SMILES string of the molecule is COc1ccc(CCNC(=O)CNc2cc(C)on2)cc1.